The van der Waals surface area contributed by atoms with E-state index in [4.69, 9.17) is 0 Å². The van der Waals surface area contributed by atoms with Crippen LogP contribution in [0.2, 0.25) is 0 Å². The average molecular weight is 236 g/mol. The van der Waals surface area contributed by atoms with Crippen LogP contribution >= 0.6 is 0 Å². The number of likely N-dealkylation sites (N-methyl/N-ethyl adjacent to an activating group) is 1. The van der Waals surface area contributed by atoms with Crippen LogP contribution in [0.1, 0.15) is 25.7 Å². The van der Waals surface area contributed by atoms with Crippen molar-refractivity contribution < 1.29 is 0 Å². The van der Waals surface area contributed by atoms with Gasteiger partial charge in [0.25, 0.3) is 5.56 Å². The summed E-state index contributed by atoms with van der Waals surface area (Å²) in [6.07, 6.45) is 7.00. The van der Waals surface area contributed by atoms with E-state index in [9.17, 15) is 4.79 Å². The average Bonchev–Trinajstić information content (AvgIpc) is 2.82. The number of H-pyrrole nitrogens is 1. The second kappa shape index (κ2) is 5.82. The van der Waals surface area contributed by atoms with Crippen LogP contribution in [-0.4, -0.2) is 41.3 Å². The maximum atomic E-state index is 11.0. The Hall–Kier alpha value is -1.36. The summed E-state index contributed by atoms with van der Waals surface area (Å²) in [6.45, 7) is 1.84. The maximum Gasteiger partial charge on any atom is 0.266 e. The summed E-state index contributed by atoms with van der Waals surface area (Å²) >= 11 is 0. The number of aromatic amines is 1. The molecule has 1 heterocycles. The summed E-state index contributed by atoms with van der Waals surface area (Å²) in [5, 5.41) is 9.32. The van der Waals surface area contributed by atoms with Crippen molar-refractivity contribution in [3.8, 4) is 0 Å². The van der Waals surface area contributed by atoms with Gasteiger partial charge < -0.3 is 10.2 Å². The third-order valence-electron chi connectivity index (χ3n) is 3.41. The molecule has 0 saturated heterocycles. The van der Waals surface area contributed by atoms with Crippen LogP contribution in [0.4, 0.5) is 5.69 Å². The molecule has 1 aromatic heterocycles. The molecule has 1 aliphatic rings. The van der Waals surface area contributed by atoms with Gasteiger partial charge in [-0.15, -0.1) is 0 Å². The Labute approximate surface area is 101 Å². The fourth-order valence-corrected chi connectivity index (χ4v) is 2.38. The fourth-order valence-electron chi connectivity index (χ4n) is 2.38. The zero-order valence-corrected chi connectivity index (χ0v) is 10.3. The molecule has 0 radical (unpaired) electrons. The van der Waals surface area contributed by atoms with Gasteiger partial charge in [-0.2, -0.15) is 5.10 Å². The van der Waals surface area contributed by atoms with Gasteiger partial charge >= 0.3 is 0 Å². The maximum absolute atomic E-state index is 11.0. The number of nitrogens with zero attached hydrogens (tertiary/aromatic N) is 2. The molecule has 2 rings (SSSR count). The van der Waals surface area contributed by atoms with Gasteiger partial charge in [-0.3, -0.25) is 4.79 Å². The quantitative estimate of drug-likeness (QED) is 0.802. The van der Waals surface area contributed by atoms with E-state index in [0.29, 0.717) is 0 Å². The Bertz CT molecular complexity index is 397. The van der Waals surface area contributed by atoms with Crippen molar-refractivity contribution in [1.29, 1.82) is 0 Å². The Morgan fingerprint density at radius 2 is 2.29 bits per heavy atom. The molecule has 0 bridgehead atoms. The van der Waals surface area contributed by atoms with E-state index < -0.39 is 0 Å². The van der Waals surface area contributed by atoms with Crippen LogP contribution in [0, 0.1) is 0 Å². The molecule has 1 fully saturated rings. The lowest BCUT2D eigenvalue weighted by Crippen LogP contribution is -2.33. The molecule has 1 saturated carbocycles. The smallest absolute Gasteiger partial charge is 0.266 e. The van der Waals surface area contributed by atoms with Gasteiger partial charge in [0.05, 0.1) is 11.9 Å². The van der Waals surface area contributed by atoms with Gasteiger partial charge in [-0.1, -0.05) is 12.8 Å². The SMILES string of the molecule is CN(CCNc1cn[nH]c(=O)c1)C1CCCC1. The third-order valence-corrected chi connectivity index (χ3v) is 3.41. The van der Waals surface area contributed by atoms with Gasteiger partial charge in [0, 0.05) is 25.2 Å². The number of nitrogens with one attached hydrogen (secondary N) is 2. The summed E-state index contributed by atoms with van der Waals surface area (Å²) in [4.78, 5) is 13.4. The molecule has 5 nitrogen and oxygen atoms in total. The van der Waals surface area contributed by atoms with Crippen LogP contribution in [0.25, 0.3) is 0 Å². The summed E-state index contributed by atoms with van der Waals surface area (Å²) in [6, 6.07) is 2.27. The third kappa shape index (κ3) is 3.56. The molecule has 17 heavy (non-hydrogen) atoms. The first kappa shape index (κ1) is 12.1. The topological polar surface area (TPSA) is 61.0 Å². The van der Waals surface area contributed by atoms with E-state index in [1.54, 1.807) is 6.20 Å². The Morgan fingerprint density at radius 3 is 3.00 bits per heavy atom. The molecule has 1 aliphatic carbocycles. The Balaban J connectivity index is 1.73. The normalized spacial score (nSPS) is 16.6. The predicted molar refractivity (Wildman–Crippen MR) is 68.2 cm³/mol. The molecule has 5 heteroatoms. The zero-order valence-electron chi connectivity index (χ0n) is 10.3. The molecule has 0 aromatic carbocycles. The van der Waals surface area contributed by atoms with Crippen molar-refractivity contribution in [3.05, 3.63) is 22.6 Å². The largest absolute Gasteiger partial charge is 0.382 e. The molecule has 2 N–H and O–H groups in total. The van der Waals surface area contributed by atoms with Crippen molar-refractivity contribution >= 4 is 5.69 Å². The van der Waals surface area contributed by atoms with Crippen molar-refractivity contribution in [3.63, 3.8) is 0 Å². The van der Waals surface area contributed by atoms with Crippen molar-refractivity contribution in [2.45, 2.75) is 31.7 Å². The number of anilines is 1. The van der Waals surface area contributed by atoms with Crippen LogP contribution in [-0.2, 0) is 0 Å². The minimum atomic E-state index is -0.167. The lowest BCUT2D eigenvalue weighted by molar-refractivity contribution is 0.254. The minimum Gasteiger partial charge on any atom is -0.382 e. The van der Waals surface area contributed by atoms with Crippen molar-refractivity contribution in [1.82, 2.24) is 15.1 Å². The molecule has 0 amide bonds. The van der Waals surface area contributed by atoms with E-state index >= 15 is 0 Å². The van der Waals surface area contributed by atoms with Crippen molar-refractivity contribution in [2.24, 2.45) is 0 Å². The Morgan fingerprint density at radius 1 is 1.53 bits per heavy atom. The highest BCUT2D eigenvalue weighted by molar-refractivity contribution is 5.38. The number of rotatable bonds is 5. The molecule has 0 aliphatic heterocycles. The van der Waals surface area contributed by atoms with Crippen LogP contribution in [0.15, 0.2) is 17.1 Å². The number of hydrogen-bond acceptors (Lipinski definition) is 4. The second-order valence-electron chi connectivity index (χ2n) is 4.68. The van der Waals surface area contributed by atoms with Crippen LogP contribution < -0.4 is 10.9 Å². The minimum absolute atomic E-state index is 0.167. The molecule has 94 valence electrons. The van der Waals surface area contributed by atoms with Gasteiger partial charge in [-0.05, 0) is 19.9 Å². The molecule has 1 aromatic rings. The highest BCUT2D eigenvalue weighted by Crippen LogP contribution is 2.21. The molecular weight excluding hydrogens is 216 g/mol. The molecule has 0 spiro atoms. The lowest BCUT2D eigenvalue weighted by Gasteiger charge is -2.24. The van der Waals surface area contributed by atoms with Crippen LogP contribution in [0.5, 0.6) is 0 Å². The summed E-state index contributed by atoms with van der Waals surface area (Å²) in [7, 11) is 2.17. The highest BCUT2D eigenvalue weighted by Gasteiger charge is 2.18. The van der Waals surface area contributed by atoms with Gasteiger partial charge in [-0.25, -0.2) is 5.10 Å². The lowest BCUT2D eigenvalue weighted by atomic mass is 10.2. The molecular formula is C12H20N4O. The zero-order chi connectivity index (χ0) is 12.1. The first-order chi connectivity index (χ1) is 8.25. The van der Waals surface area contributed by atoms with E-state index in [-0.39, 0.29) is 5.56 Å². The summed E-state index contributed by atoms with van der Waals surface area (Å²) in [5.74, 6) is 0. The monoisotopic (exact) mass is 236 g/mol. The number of aromatic nitrogens is 2. The van der Waals surface area contributed by atoms with Gasteiger partial charge in [0.15, 0.2) is 0 Å². The predicted octanol–water partition coefficient (Wildman–Crippen LogP) is 1.06. The highest BCUT2D eigenvalue weighted by atomic mass is 16.1. The van der Waals surface area contributed by atoms with Gasteiger partial charge in [0.1, 0.15) is 0 Å². The molecule has 0 atom stereocenters. The Kier molecular flexibility index (Phi) is 4.14. The van der Waals surface area contributed by atoms with E-state index in [1.807, 2.05) is 0 Å². The standard InChI is InChI=1S/C12H20N4O/c1-16(11-4-2-3-5-11)7-6-13-10-8-12(17)15-14-9-10/h8-9,11H,2-7H2,1H3,(H2,13,15,17). The van der Waals surface area contributed by atoms with E-state index in [0.717, 1.165) is 24.8 Å². The first-order valence-electron chi connectivity index (χ1n) is 6.24. The van der Waals surface area contributed by atoms with E-state index in [1.165, 1.54) is 31.7 Å². The summed E-state index contributed by atoms with van der Waals surface area (Å²) < 4.78 is 0. The second-order valence-corrected chi connectivity index (χ2v) is 4.68. The van der Waals surface area contributed by atoms with Crippen molar-refractivity contribution in [2.75, 3.05) is 25.5 Å². The molecule has 0 unspecified atom stereocenters. The van der Waals surface area contributed by atoms with Crippen LogP contribution in [0.3, 0.4) is 0 Å². The summed E-state index contributed by atoms with van der Waals surface area (Å²) in [5.41, 5.74) is 0.618. The van der Waals surface area contributed by atoms with Gasteiger partial charge in [0.2, 0.25) is 0 Å². The first-order valence-corrected chi connectivity index (χ1v) is 6.24. The van der Waals surface area contributed by atoms with E-state index in [2.05, 4.69) is 27.5 Å². The fraction of sp³-hybridized carbons (Fsp3) is 0.667. The number of hydrogen-bond donors (Lipinski definition) is 2.